The molecule has 1 saturated carbocycles. The monoisotopic (exact) mass is 276 g/mol. The molecule has 2 nitrogen and oxygen atoms in total. The highest BCUT2D eigenvalue weighted by Crippen LogP contribution is 2.32. The van der Waals surface area contributed by atoms with Gasteiger partial charge in [0, 0.05) is 25.7 Å². The van der Waals surface area contributed by atoms with Crippen molar-refractivity contribution in [3.63, 3.8) is 0 Å². The van der Waals surface area contributed by atoms with Crippen molar-refractivity contribution in [2.24, 2.45) is 11.8 Å². The highest BCUT2D eigenvalue weighted by Gasteiger charge is 2.27. The van der Waals surface area contributed by atoms with Gasteiger partial charge >= 0.3 is 0 Å². The molecule has 20 heavy (non-hydrogen) atoms. The quantitative estimate of drug-likeness (QED) is 0.904. The first kappa shape index (κ1) is 13.9. The molecule has 0 aromatic heterocycles. The Morgan fingerprint density at radius 3 is 2.70 bits per heavy atom. The van der Waals surface area contributed by atoms with Crippen molar-refractivity contribution in [3.8, 4) is 0 Å². The summed E-state index contributed by atoms with van der Waals surface area (Å²) in [5.41, 5.74) is 1.94. The molecular weight excluding hydrogens is 251 g/mol. The molecule has 1 heterocycles. The van der Waals surface area contributed by atoms with E-state index >= 15 is 0 Å². The third-order valence-electron chi connectivity index (χ3n) is 4.88. The van der Waals surface area contributed by atoms with Crippen molar-refractivity contribution in [2.45, 2.75) is 45.7 Å². The maximum atomic E-state index is 14.3. The first-order valence-corrected chi connectivity index (χ1v) is 7.91. The molecule has 0 bridgehead atoms. The number of rotatable bonds is 4. The topological polar surface area (TPSA) is 15.3 Å². The van der Waals surface area contributed by atoms with E-state index in [2.05, 4.69) is 30.1 Å². The molecule has 0 amide bonds. The standard InChI is InChI=1S/C17H25FN2/c1-12-8-9-20(11-13(12)2)17-14(4-3-5-16(17)18)10-19-15-6-7-15/h3-5,12-13,15,19H,6-11H2,1-2H3. The first-order valence-electron chi connectivity index (χ1n) is 7.91. The maximum Gasteiger partial charge on any atom is 0.146 e. The van der Waals surface area contributed by atoms with Crippen molar-refractivity contribution < 1.29 is 4.39 Å². The second kappa shape index (κ2) is 5.72. The lowest BCUT2D eigenvalue weighted by Gasteiger charge is -2.38. The van der Waals surface area contributed by atoms with Crippen LogP contribution >= 0.6 is 0 Å². The predicted molar refractivity (Wildman–Crippen MR) is 81.4 cm³/mol. The predicted octanol–water partition coefficient (Wildman–Crippen LogP) is 3.56. The number of halogens is 1. The van der Waals surface area contributed by atoms with E-state index in [-0.39, 0.29) is 5.82 Å². The fourth-order valence-corrected chi connectivity index (χ4v) is 3.06. The van der Waals surface area contributed by atoms with E-state index in [1.54, 1.807) is 6.07 Å². The van der Waals surface area contributed by atoms with Gasteiger partial charge in [-0.05, 0) is 42.7 Å². The summed E-state index contributed by atoms with van der Waals surface area (Å²) >= 11 is 0. The van der Waals surface area contributed by atoms with Crippen LogP contribution in [0.3, 0.4) is 0 Å². The van der Waals surface area contributed by atoms with Crippen LogP contribution in [-0.2, 0) is 6.54 Å². The average molecular weight is 276 g/mol. The van der Waals surface area contributed by atoms with E-state index in [4.69, 9.17) is 0 Å². The van der Waals surface area contributed by atoms with Crippen LogP contribution in [0.4, 0.5) is 10.1 Å². The Morgan fingerprint density at radius 2 is 2.00 bits per heavy atom. The average Bonchev–Trinajstić information content (AvgIpc) is 3.24. The Hall–Kier alpha value is -1.09. The van der Waals surface area contributed by atoms with Crippen LogP contribution in [0.5, 0.6) is 0 Å². The number of nitrogens with zero attached hydrogens (tertiary/aromatic N) is 1. The fraction of sp³-hybridized carbons (Fsp3) is 0.647. The van der Waals surface area contributed by atoms with Crippen LogP contribution in [-0.4, -0.2) is 19.1 Å². The van der Waals surface area contributed by atoms with Crippen molar-refractivity contribution in [1.82, 2.24) is 5.32 Å². The molecule has 1 N–H and O–H groups in total. The van der Waals surface area contributed by atoms with Gasteiger partial charge in [0.25, 0.3) is 0 Å². The molecule has 1 aromatic carbocycles. The Kier molecular flexibility index (Phi) is 3.97. The minimum atomic E-state index is -0.0677. The van der Waals surface area contributed by atoms with Gasteiger partial charge in [-0.25, -0.2) is 4.39 Å². The van der Waals surface area contributed by atoms with Crippen molar-refractivity contribution >= 4 is 5.69 Å². The van der Waals surface area contributed by atoms with Crippen LogP contribution in [0.1, 0.15) is 38.7 Å². The highest BCUT2D eigenvalue weighted by molar-refractivity contribution is 5.55. The number of anilines is 1. The summed E-state index contributed by atoms with van der Waals surface area (Å²) in [4.78, 5) is 2.25. The van der Waals surface area contributed by atoms with Gasteiger partial charge in [0.05, 0.1) is 5.69 Å². The lowest BCUT2D eigenvalue weighted by molar-refractivity contribution is 0.322. The Morgan fingerprint density at radius 1 is 1.20 bits per heavy atom. The number of hydrogen-bond acceptors (Lipinski definition) is 2. The first-order chi connectivity index (χ1) is 9.65. The lowest BCUT2D eigenvalue weighted by atomic mass is 9.88. The molecular formula is C17H25FN2. The molecule has 1 aliphatic carbocycles. The lowest BCUT2D eigenvalue weighted by Crippen LogP contribution is -2.39. The van der Waals surface area contributed by atoms with E-state index in [9.17, 15) is 4.39 Å². The molecule has 2 aliphatic rings. The molecule has 2 fully saturated rings. The summed E-state index contributed by atoms with van der Waals surface area (Å²) < 4.78 is 14.3. The van der Waals surface area contributed by atoms with Gasteiger partial charge in [-0.1, -0.05) is 26.0 Å². The van der Waals surface area contributed by atoms with Crippen LogP contribution in [0.2, 0.25) is 0 Å². The maximum absolute atomic E-state index is 14.3. The number of para-hydroxylation sites is 1. The molecule has 3 heteroatoms. The van der Waals surface area contributed by atoms with Crippen LogP contribution in [0.15, 0.2) is 18.2 Å². The second-order valence-corrected chi connectivity index (χ2v) is 6.59. The zero-order valence-electron chi connectivity index (χ0n) is 12.5. The largest absolute Gasteiger partial charge is 0.369 e. The third kappa shape index (κ3) is 2.98. The normalized spacial score (nSPS) is 26.9. The summed E-state index contributed by atoms with van der Waals surface area (Å²) in [6.07, 6.45) is 3.69. The highest BCUT2D eigenvalue weighted by atomic mass is 19.1. The van der Waals surface area contributed by atoms with Crippen molar-refractivity contribution in [3.05, 3.63) is 29.6 Å². The number of hydrogen-bond donors (Lipinski definition) is 1. The van der Waals surface area contributed by atoms with Gasteiger partial charge in [-0.15, -0.1) is 0 Å². The van der Waals surface area contributed by atoms with Gasteiger partial charge in [-0.3, -0.25) is 0 Å². The van der Waals surface area contributed by atoms with Gasteiger partial charge in [-0.2, -0.15) is 0 Å². The minimum absolute atomic E-state index is 0.0677. The summed E-state index contributed by atoms with van der Waals surface area (Å²) in [6, 6.07) is 6.15. The summed E-state index contributed by atoms with van der Waals surface area (Å²) in [6.45, 7) is 7.32. The summed E-state index contributed by atoms with van der Waals surface area (Å²) in [5, 5.41) is 3.51. The van der Waals surface area contributed by atoms with E-state index < -0.39 is 0 Å². The number of piperidine rings is 1. The smallest absolute Gasteiger partial charge is 0.146 e. The Bertz CT molecular complexity index is 470. The molecule has 0 radical (unpaired) electrons. The zero-order valence-corrected chi connectivity index (χ0v) is 12.5. The molecule has 1 aromatic rings. The van der Waals surface area contributed by atoms with Gasteiger partial charge in [0.2, 0.25) is 0 Å². The van der Waals surface area contributed by atoms with E-state index in [0.717, 1.165) is 43.2 Å². The summed E-state index contributed by atoms with van der Waals surface area (Å²) in [5.74, 6) is 1.31. The van der Waals surface area contributed by atoms with E-state index in [0.29, 0.717) is 12.0 Å². The second-order valence-electron chi connectivity index (χ2n) is 6.59. The van der Waals surface area contributed by atoms with Crippen LogP contribution < -0.4 is 10.2 Å². The van der Waals surface area contributed by atoms with Crippen LogP contribution in [0, 0.1) is 17.7 Å². The van der Waals surface area contributed by atoms with Crippen molar-refractivity contribution in [1.29, 1.82) is 0 Å². The molecule has 1 saturated heterocycles. The molecule has 3 rings (SSSR count). The number of nitrogens with one attached hydrogen (secondary N) is 1. The molecule has 1 aliphatic heterocycles. The van der Waals surface area contributed by atoms with Gasteiger partial charge < -0.3 is 10.2 Å². The Labute approximate surface area is 121 Å². The minimum Gasteiger partial charge on any atom is -0.369 e. The summed E-state index contributed by atoms with van der Waals surface area (Å²) in [7, 11) is 0. The van der Waals surface area contributed by atoms with E-state index in [1.165, 1.54) is 12.8 Å². The van der Waals surface area contributed by atoms with E-state index in [1.807, 2.05) is 6.07 Å². The molecule has 110 valence electrons. The fourth-order valence-electron chi connectivity index (χ4n) is 3.06. The van der Waals surface area contributed by atoms with Crippen LogP contribution in [0.25, 0.3) is 0 Å². The third-order valence-corrected chi connectivity index (χ3v) is 4.88. The SMILES string of the molecule is CC1CCN(c2c(F)cccc2CNC2CC2)CC1C. The molecule has 2 unspecified atom stereocenters. The van der Waals surface area contributed by atoms with Gasteiger partial charge in [0.15, 0.2) is 0 Å². The van der Waals surface area contributed by atoms with Gasteiger partial charge in [0.1, 0.15) is 5.82 Å². The molecule has 2 atom stereocenters. The van der Waals surface area contributed by atoms with Crippen molar-refractivity contribution in [2.75, 3.05) is 18.0 Å². The number of benzene rings is 1. The Balaban J connectivity index is 1.79. The molecule has 0 spiro atoms. The zero-order chi connectivity index (χ0) is 14.1.